The lowest BCUT2D eigenvalue weighted by atomic mass is 10.1. The number of hydrogen-bond acceptors (Lipinski definition) is 21. The molecule has 2 fully saturated rings. The standard InChI is InChI=1S/C52H86N8O15S/c1-3-4-5-46-56-49-43-40-42(6-7-44(43)55-51(53)50(49)57-46)59-12-10-58(11-13-59)14-18-66-23-25-69-27-29-71-31-33-73-35-37-75-39-38-74-36-34-72-32-30-70-28-26-68-24-20-64-16-8-47(61)54-9-17-65-21-22-67-19-15-60-48(62)41-45(76-2)52(60)63/h6-7,40,45H,3-5,8-39,41H2,1-2H3,(H2,53,55)(H,54,61)(H,56,57). The van der Waals surface area contributed by atoms with Gasteiger partial charge in [0.2, 0.25) is 17.7 Å². The number of imidazole rings is 1. The normalized spacial score (nSPS) is 15.4. The van der Waals surface area contributed by atoms with E-state index in [1.165, 1.54) is 22.3 Å². The topological polar surface area (TPSA) is 251 Å². The zero-order valence-electron chi connectivity index (χ0n) is 45.1. The Morgan fingerprint density at radius 2 is 1.14 bits per heavy atom. The lowest BCUT2D eigenvalue weighted by Crippen LogP contribution is -2.47. The summed E-state index contributed by atoms with van der Waals surface area (Å²) in [4.78, 5) is 55.0. The maximum atomic E-state index is 12.1. The van der Waals surface area contributed by atoms with Crippen LogP contribution in [0.25, 0.3) is 21.9 Å². The minimum absolute atomic E-state index is 0.126. The molecule has 2 saturated heterocycles. The van der Waals surface area contributed by atoms with E-state index in [4.69, 9.17) is 67.6 Å². The third-order valence-electron chi connectivity index (χ3n) is 12.2. The van der Waals surface area contributed by atoms with Gasteiger partial charge in [0.1, 0.15) is 22.7 Å². The van der Waals surface area contributed by atoms with Crippen LogP contribution in [0, 0.1) is 0 Å². The first kappa shape index (κ1) is 63.0. The van der Waals surface area contributed by atoms with Gasteiger partial charge in [0, 0.05) is 69.6 Å². The van der Waals surface area contributed by atoms with Crippen molar-refractivity contribution in [2.75, 3.05) is 221 Å². The Balaban J connectivity index is 0.673. The van der Waals surface area contributed by atoms with Crippen molar-refractivity contribution in [1.82, 2.24) is 30.1 Å². The SMILES string of the molecule is CCCCc1nc2c([nH]1)c(N)nc1ccc(N3CCN(CCOCCOCCOCCOCCOCCOCCOCCOCCOCCOCCC(=O)NCCOCCOCCN4C(=O)CC(SC)C4=O)CC3)cc12. The first-order valence-corrected chi connectivity index (χ1v) is 28.3. The van der Waals surface area contributed by atoms with Crippen molar-refractivity contribution in [3.8, 4) is 0 Å². The molecule has 0 saturated carbocycles. The molecule has 4 heterocycles. The van der Waals surface area contributed by atoms with Gasteiger partial charge >= 0.3 is 0 Å². The van der Waals surface area contributed by atoms with Crippen LogP contribution >= 0.6 is 11.8 Å². The van der Waals surface area contributed by atoms with Crippen LogP contribution in [-0.4, -0.2) is 258 Å². The van der Waals surface area contributed by atoms with Crippen molar-refractivity contribution in [2.24, 2.45) is 0 Å². The van der Waals surface area contributed by atoms with Crippen molar-refractivity contribution in [2.45, 2.75) is 44.3 Å². The van der Waals surface area contributed by atoms with E-state index >= 15 is 0 Å². The fourth-order valence-corrected chi connectivity index (χ4v) is 8.67. The van der Waals surface area contributed by atoms with Gasteiger partial charge in [-0.15, -0.1) is 0 Å². The van der Waals surface area contributed by atoms with Crippen LogP contribution in [-0.2, 0) is 77.6 Å². The molecule has 430 valence electrons. The van der Waals surface area contributed by atoms with E-state index in [0.717, 1.165) is 79.7 Å². The summed E-state index contributed by atoms with van der Waals surface area (Å²) >= 11 is 1.39. The Kier molecular flexibility index (Phi) is 32.7. The monoisotopic (exact) mass is 1090 g/mol. The maximum Gasteiger partial charge on any atom is 0.242 e. The molecule has 1 unspecified atom stereocenters. The van der Waals surface area contributed by atoms with Crippen molar-refractivity contribution < 1.29 is 71.2 Å². The van der Waals surface area contributed by atoms with E-state index in [2.05, 4.69) is 50.2 Å². The highest BCUT2D eigenvalue weighted by Gasteiger charge is 2.37. The number of fused-ring (bicyclic) bond motifs is 3. The highest BCUT2D eigenvalue weighted by molar-refractivity contribution is 8.00. The number of thioether (sulfide) groups is 1. The number of nitrogens with two attached hydrogens (primary N) is 1. The van der Waals surface area contributed by atoms with E-state index in [1.54, 1.807) is 0 Å². The number of benzene rings is 1. The Morgan fingerprint density at radius 3 is 1.64 bits per heavy atom. The van der Waals surface area contributed by atoms with Crippen LogP contribution in [0.15, 0.2) is 18.2 Å². The van der Waals surface area contributed by atoms with Crippen molar-refractivity contribution in [3.63, 3.8) is 0 Å². The average molecular weight is 1100 g/mol. The Labute approximate surface area is 452 Å². The summed E-state index contributed by atoms with van der Waals surface area (Å²) in [5.74, 6) is 1.04. The first-order chi connectivity index (χ1) is 37.4. The van der Waals surface area contributed by atoms with Crippen LogP contribution in [0.4, 0.5) is 11.5 Å². The molecule has 3 aromatic rings. The number of pyridine rings is 1. The summed E-state index contributed by atoms with van der Waals surface area (Å²) in [5, 5.41) is 3.53. The van der Waals surface area contributed by atoms with Crippen molar-refractivity contribution >= 4 is 62.9 Å². The number of imide groups is 1. The summed E-state index contributed by atoms with van der Waals surface area (Å²) in [6.45, 7) is 18.3. The highest BCUT2D eigenvalue weighted by atomic mass is 32.2. The quantitative estimate of drug-likeness (QED) is 0.0542. The molecule has 2 aromatic heterocycles. The number of rotatable bonds is 47. The number of H-pyrrole nitrogens is 1. The van der Waals surface area contributed by atoms with Crippen LogP contribution < -0.4 is 16.0 Å². The number of aromatic amines is 1. The molecule has 5 rings (SSSR count). The number of aryl methyl sites for hydroxylation is 1. The summed E-state index contributed by atoms with van der Waals surface area (Å²) in [6.07, 6.45) is 5.42. The smallest absolute Gasteiger partial charge is 0.242 e. The number of likely N-dealkylation sites (tertiary alicyclic amines) is 1. The van der Waals surface area contributed by atoms with E-state index < -0.39 is 0 Å². The number of unbranched alkanes of at least 4 members (excludes halogenated alkanes) is 1. The fourth-order valence-electron chi connectivity index (χ4n) is 8.03. The summed E-state index contributed by atoms with van der Waals surface area (Å²) in [7, 11) is 0. The molecule has 23 nitrogen and oxygen atoms in total. The number of aromatic nitrogens is 3. The summed E-state index contributed by atoms with van der Waals surface area (Å²) in [6, 6.07) is 6.40. The van der Waals surface area contributed by atoms with Gasteiger partial charge in [0.25, 0.3) is 0 Å². The van der Waals surface area contributed by atoms with E-state index in [1.807, 2.05) is 6.26 Å². The number of hydrogen-bond donors (Lipinski definition) is 3. The molecule has 76 heavy (non-hydrogen) atoms. The molecule has 3 amide bonds. The van der Waals surface area contributed by atoms with Gasteiger partial charge in [-0.05, 0) is 30.9 Å². The van der Waals surface area contributed by atoms with Crippen LogP contribution in [0.2, 0.25) is 0 Å². The van der Waals surface area contributed by atoms with E-state index in [-0.39, 0.29) is 49.0 Å². The molecule has 24 heteroatoms. The lowest BCUT2D eigenvalue weighted by molar-refractivity contribution is -0.139. The van der Waals surface area contributed by atoms with Crippen LogP contribution in [0.5, 0.6) is 0 Å². The Bertz CT molecular complexity index is 2050. The third kappa shape index (κ3) is 24.9. The molecule has 2 aliphatic rings. The Morgan fingerprint density at radius 1 is 0.658 bits per heavy atom. The van der Waals surface area contributed by atoms with Gasteiger partial charge in [-0.25, -0.2) is 9.97 Å². The van der Waals surface area contributed by atoms with Crippen molar-refractivity contribution in [1.29, 1.82) is 0 Å². The molecule has 1 atom stereocenters. The third-order valence-corrected chi connectivity index (χ3v) is 13.2. The molecular formula is C52H86N8O15S. The minimum Gasteiger partial charge on any atom is -0.382 e. The second-order valence-corrected chi connectivity index (χ2v) is 18.8. The molecule has 0 bridgehead atoms. The van der Waals surface area contributed by atoms with E-state index in [9.17, 15) is 14.4 Å². The average Bonchev–Trinajstić information content (AvgIpc) is 4.01. The van der Waals surface area contributed by atoms with Crippen molar-refractivity contribution in [3.05, 3.63) is 24.0 Å². The van der Waals surface area contributed by atoms with Gasteiger partial charge in [0.05, 0.1) is 176 Å². The summed E-state index contributed by atoms with van der Waals surface area (Å²) in [5.41, 5.74) is 10.1. The van der Waals surface area contributed by atoms with E-state index in [0.29, 0.717) is 164 Å². The number of carbonyl (C=O) groups excluding carboxylic acids is 3. The molecule has 0 radical (unpaired) electrons. The largest absolute Gasteiger partial charge is 0.382 e. The molecule has 0 spiro atoms. The predicted octanol–water partition coefficient (Wildman–Crippen LogP) is 2.35. The fraction of sp³-hybridized carbons (Fsp3) is 0.750. The maximum absolute atomic E-state index is 12.1. The zero-order valence-corrected chi connectivity index (χ0v) is 45.9. The zero-order chi connectivity index (χ0) is 53.7. The highest BCUT2D eigenvalue weighted by Crippen LogP contribution is 2.30. The second kappa shape index (κ2) is 39.5. The Hall–Kier alpha value is -3.86. The molecular weight excluding hydrogens is 1010 g/mol. The van der Waals surface area contributed by atoms with Crippen LogP contribution in [0.3, 0.4) is 0 Å². The van der Waals surface area contributed by atoms with Gasteiger partial charge in [0.15, 0.2) is 0 Å². The first-order valence-electron chi connectivity index (χ1n) is 27.0. The molecule has 2 aliphatic heterocycles. The number of anilines is 2. The minimum atomic E-state index is -0.282. The summed E-state index contributed by atoms with van der Waals surface area (Å²) < 4.78 is 66.6. The van der Waals surface area contributed by atoms with Gasteiger partial charge in [-0.1, -0.05) is 13.3 Å². The van der Waals surface area contributed by atoms with Gasteiger partial charge in [-0.2, -0.15) is 11.8 Å². The lowest BCUT2D eigenvalue weighted by Gasteiger charge is -2.36. The second-order valence-electron chi connectivity index (χ2n) is 17.8. The molecule has 4 N–H and O–H groups in total. The number of piperazine rings is 1. The van der Waals surface area contributed by atoms with Crippen LogP contribution in [0.1, 0.15) is 38.4 Å². The number of amides is 3. The molecule has 0 aliphatic carbocycles. The van der Waals surface area contributed by atoms with Gasteiger partial charge < -0.3 is 77.8 Å². The molecule has 1 aromatic carbocycles. The predicted molar refractivity (Wildman–Crippen MR) is 289 cm³/mol. The number of nitrogens with one attached hydrogen (secondary N) is 2. The number of ether oxygens (including phenoxy) is 12. The van der Waals surface area contributed by atoms with Gasteiger partial charge in [-0.3, -0.25) is 24.2 Å². The number of nitrogen functional groups attached to an aromatic ring is 1. The number of carbonyl (C=O) groups is 3. The number of nitrogens with zero attached hydrogens (tertiary/aromatic N) is 5.